The zero-order valence-corrected chi connectivity index (χ0v) is 18.0. The number of hydrogen-bond donors (Lipinski definition) is 2. The summed E-state index contributed by atoms with van der Waals surface area (Å²) in [5.74, 6) is 0.433. The molecule has 3 aromatic rings. The van der Waals surface area contributed by atoms with Crippen molar-refractivity contribution in [1.82, 2.24) is 25.5 Å². The van der Waals surface area contributed by atoms with E-state index >= 15 is 0 Å². The number of anilines is 1. The van der Waals surface area contributed by atoms with E-state index in [1.165, 1.54) is 0 Å². The molecule has 0 radical (unpaired) electrons. The molecule has 1 saturated heterocycles. The summed E-state index contributed by atoms with van der Waals surface area (Å²) >= 11 is 0. The predicted molar refractivity (Wildman–Crippen MR) is 124 cm³/mol. The van der Waals surface area contributed by atoms with Crippen molar-refractivity contribution in [3.63, 3.8) is 0 Å². The van der Waals surface area contributed by atoms with Crippen LogP contribution in [0.5, 0.6) is 0 Å². The highest BCUT2D eigenvalue weighted by molar-refractivity contribution is 5.91. The highest BCUT2D eigenvalue weighted by Crippen LogP contribution is 2.18. The van der Waals surface area contributed by atoms with E-state index in [0.29, 0.717) is 6.54 Å². The number of fused-ring (bicyclic) bond motifs is 1. The molecule has 0 saturated carbocycles. The number of rotatable bonds is 8. The van der Waals surface area contributed by atoms with Crippen molar-refractivity contribution in [3.8, 4) is 0 Å². The third kappa shape index (κ3) is 5.79. The van der Waals surface area contributed by atoms with Crippen LogP contribution in [0, 0.1) is 0 Å². The van der Waals surface area contributed by atoms with E-state index in [1.54, 1.807) is 12.4 Å². The third-order valence-corrected chi connectivity index (χ3v) is 5.63. The first-order valence-electron chi connectivity index (χ1n) is 10.9. The second kappa shape index (κ2) is 10.7. The van der Waals surface area contributed by atoms with Gasteiger partial charge in [0, 0.05) is 51.7 Å². The van der Waals surface area contributed by atoms with E-state index in [2.05, 4.69) is 30.4 Å². The first-order valence-corrected chi connectivity index (χ1v) is 10.9. The average molecular weight is 433 g/mol. The highest BCUT2D eigenvalue weighted by atomic mass is 16.2. The van der Waals surface area contributed by atoms with Crippen molar-refractivity contribution >= 4 is 28.5 Å². The molecule has 0 unspecified atom stereocenters. The highest BCUT2D eigenvalue weighted by Gasteiger charge is 2.18. The molecule has 1 aromatic heterocycles. The van der Waals surface area contributed by atoms with Crippen LogP contribution >= 0.6 is 0 Å². The molecule has 8 heteroatoms. The van der Waals surface area contributed by atoms with Crippen LogP contribution in [0.4, 0.5) is 5.95 Å². The van der Waals surface area contributed by atoms with Crippen LogP contribution in [0.1, 0.15) is 5.56 Å². The van der Waals surface area contributed by atoms with Gasteiger partial charge in [-0.05, 0) is 22.4 Å². The zero-order valence-electron chi connectivity index (χ0n) is 18.0. The molecule has 2 aromatic carbocycles. The van der Waals surface area contributed by atoms with Crippen molar-refractivity contribution in [2.75, 3.05) is 50.7 Å². The molecule has 2 heterocycles. The lowest BCUT2D eigenvalue weighted by atomic mass is 10.0. The van der Waals surface area contributed by atoms with Crippen LogP contribution in [-0.4, -0.2) is 72.5 Å². The molecule has 8 nitrogen and oxygen atoms in total. The summed E-state index contributed by atoms with van der Waals surface area (Å²) < 4.78 is 0. The number of nitrogens with zero attached hydrogens (tertiary/aromatic N) is 4. The Morgan fingerprint density at radius 2 is 1.59 bits per heavy atom. The summed E-state index contributed by atoms with van der Waals surface area (Å²) in [7, 11) is 0. The Kier molecular flexibility index (Phi) is 7.24. The smallest absolute Gasteiger partial charge is 0.239 e. The minimum atomic E-state index is -0.174. The second-order valence-corrected chi connectivity index (χ2v) is 7.82. The van der Waals surface area contributed by atoms with E-state index in [-0.39, 0.29) is 24.8 Å². The molecular weight excluding hydrogens is 404 g/mol. The van der Waals surface area contributed by atoms with Crippen LogP contribution in [0.25, 0.3) is 10.8 Å². The number of aromatic nitrogens is 2. The van der Waals surface area contributed by atoms with E-state index in [1.807, 2.05) is 48.5 Å². The molecule has 1 fully saturated rings. The predicted octanol–water partition coefficient (Wildman–Crippen LogP) is 1.23. The molecule has 32 heavy (non-hydrogen) atoms. The lowest BCUT2D eigenvalue weighted by Crippen LogP contribution is -2.49. The Balaban J connectivity index is 1.13. The summed E-state index contributed by atoms with van der Waals surface area (Å²) in [5, 5.41) is 7.78. The van der Waals surface area contributed by atoms with Crippen LogP contribution < -0.4 is 15.5 Å². The molecule has 2 N–H and O–H groups in total. The van der Waals surface area contributed by atoms with Gasteiger partial charge >= 0.3 is 0 Å². The van der Waals surface area contributed by atoms with Crippen LogP contribution in [0.15, 0.2) is 60.9 Å². The molecule has 0 spiro atoms. The van der Waals surface area contributed by atoms with E-state index < -0.39 is 0 Å². The minimum Gasteiger partial charge on any atom is -0.353 e. The molecule has 166 valence electrons. The zero-order chi connectivity index (χ0) is 22.2. The molecule has 4 rings (SSSR count). The van der Waals surface area contributed by atoms with E-state index in [9.17, 15) is 9.59 Å². The second-order valence-electron chi connectivity index (χ2n) is 7.82. The van der Waals surface area contributed by atoms with Gasteiger partial charge in [0.1, 0.15) is 0 Å². The fraction of sp³-hybridized carbons (Fsp3) is 0.333. The quantitative estimate of drug-likeness (QED) is 0.557. The largest absolute Gasteiger partial charge is 0.353 e. The average Bonchev–Trinajstić information content (AvgIpc) is 2.84. The van der Waals surface area contributed by atoms with Crippen LogP contribution in [0.2, 0.25) is 0 Å². The van der Waals surface area contributed by atoms with Crippen molar-refractivity contribution in [1.29, 1.82) is 0 Å². The molecule has 0 bridgehead atoms. The lowest BCUT2D eigenvalue weighted by molar-refractivity contribution is -0.125. The summed E-state index contributed by atoms with van der Waals surface area (Å²) in [4.78, 5) is 37.5. The van der Waals surface area contributed by atoms with Crippen LogP contribution in [0.3, 0.4) is 0 Å². The number of piperazine rings is 1. The Morgan fingerprint density at radius 3 is 2.41 bits per heavy atom. The van der Waals surface area contributed by atoms with Gasteiger partial charge in [0.2, 0.25) is 17.8 Å². The van der Waals surface area contributed by atoms with E-state index in [0.717, 1.165) is 55.0 Å². The van der Waals surface area contributed by atoms with Crippen LogP contribution in [-0.2, 0) is 16.0 Å². The maximum atomic E-state index is 12.3. The maximum Gasteiger partial charge on any atom is 0.239 e. The Hall–Kier alpha value is -3.52. The fourth-order valence-corrected chi connectivity index (χ4v) is 3.90. The van der Waals surface area contributed by atoms with Gasteiger partial charge in [-0.1, -0.05) is 42.5 Å². The molecule has 1 aliphatic heterocycles. The van der Waals surface area contributed by atoms with Crippen molar-refractivity contribution in [2.24, 2.45) is 0 Å². The number of nitrogens with one attached hydrogen (secondary N) is 2. The van der Waals surface area contributed by atoms with Crippen molar-refractivity contribution < 1.29 is 9.59 Å². The molecule has 1 aliphatic rings. The van der Waals surface area contributed by atoms with Gasteiger partial charge in [-0.3, -0.25) is 14.5 Å². The first kappa shape index (κ1) is 21.7. The van der Waals surface area contributed by atoms with Crippen molar-refractivity contribution in [2.45, 2.75) is 6.42 Å². The fourth-order valence-electron chi connectivity index (χ4n) is 3.90. The van der Waals surface area contributed by atoms with Gasteiger partial charge in [0.15, 0.2) is 0 Å². The topological polar surface area (TPSA) is 90.5 Å². The Morgan fingerprint density at radius 1 is 0.844 bits per heavy atom. The molecule has 2 amide bonds. The minimum absolute atomic E-state index is 0.0112. The lowest BCUT2D eigenvalue weighted by Gasteiger charge is -2.34. The Labute approximate surface area is 187 Å². The van der Waals surface area contributed by atoms with Crippen molar-refractivity contribution in [3.05, 3.63) is 66.5 Å². The molecular formula is C24H28N6O2. The van der Waals surface area contributed by atoms with Gasteiger partial charge in [-0.25, -0.2) is 9.97 Å². The Bertz CT molecular complexity index is 1050. The number of amides is 2. The summed E-state index contributed by atoms with van der Waals surface area (Å²) in [6.45, 7) is 4.85. The van der Waals surface area contributed by atoms with Gasteiger partial charge in [0.05, 0.1) is 13.0 Å². The first-order chi connectivity index (χ1) is 15.7. The summed E-state index contributed by atoms with van der Waals surface area (Å²) in [6.07, 6.45) is 3.76. The molecule has 0 aliphatic carbocycles. The number of hydrogen-bond acceptors (Lipinski definition) is 6. The molecule has 0 atom stereocenters. The van der Waals surface area contributed by atoms with Gasteiger partial charge in [0.25, 0.3) is 0 Å². The normalized spacial score (nSPS) is 14.3. The van der Waals surface area contributed by atoms with E-state index in [4.69, 9.17) is 0 Å². The van der Waals surface area contributed by atoms with Gasteiger partial charge in [-0.15, -0.1) is 0 Å². The number of benzene rings is 2. The summed E-state index contributed by atoms with van der Waals surface area (Å²) in [6, 6.07) is 15.7. The SMILES string of the molecule is O=C(CNC(=O)Cc1cccc2ccccc12)NCCN1CCN(c2ncccn2)CC1. The number of carbonyl (C=O) groups excluding carboxylic acids is 2. The maximum absolute atomic E-state index is 12.3. The van der Waals surface area contributed by atoms with Gasteiger partial charge < -0.3 is 15.5 Å². The monoisotopic (exact) mass is 432 g/mol. The van der Waals surface area contributed by atoms with Gasteiger partial charge in [-0.2, -0.15) is 0 Å². The summed E-state index contributed by atoms with van der Waals surface area (Å²) in [5.41, 5.74) is 0.959. The standard InChI is InChI=1S/C24H28N6O2/c31-22(17-20-7-3-6-19-5-1-2-8-21(19)20)28-18-23(32)25-11-12-29-13-15-30(16-14-29)24-26-9-4-10-27-24/h1-10H,11-18H2,(H,25,32)(H,28,31). The number of carbonyl (C=O) groups is 2. The third-order valence-electron chi connectivity index (χ3n) is 5.63.